The first kappa shape index (κ1) is 17.8. The highest BCUT2D eigenvalue weighted by Gasteiger charge is 2.17. The molecule has 0 amide bonds. The second kappa shape index (κ2) is 7.17. The second-order valence-corrected chi connectivity index (χ2v) is 8.13. The number of rotatable bonds is 5. The van der Waals surface area contributed by atoms with Crippen molar-refractivity contribution in [2.75, 3.05) is 12.4 Å². The predicted molar refractivity (Wildman–Crippen MR) is 113 cm³/mol. The highest BCUT2D eigenvalue weighted by molar-refractivity contribution is 7.18. The van der Waals surface area contributed by atoms with E-state index in [1.54, 1.807) is 18.4 Å². The Morgan fingerprint density at radius 2 is 2.11 bits per heavy atom. The first-order valence-electron chi connectivity index (χ1n) is 8.53. The van der Waals surface area contributed by atoms with Gasteiger partial charge in [0, 0.05) is 15.8 Å². The predicted octanol–water partition coefficient (Wildman–Crippen LogP) is 5.20. The third-order valence-electron chi connectivity index (χ3n) is 4.39. The second-order valence-electron chi connectivity index (χ2n) is 6.33. The first-order chi connectivity index (χ1) is 13.1. The number of fused-ring (bicyclic) bond motifs is 1. The molecule has 7 heteroatoms. The average molecular weight is 398 g/mol. The molecule has 3 aromatic heterocycles. The molecular formula is C20H19N3O2S2. The van der Waals surface area contributed by atoms with Crippen molar-refractivity contribution >= 4 is 38.6 Å². The fourth-order valence-corrected chi connectivity index (χ4v) is 4.79. The zero-order valence-electron chi connectivity index (χ0n) is 15.2. The van der Waals surface area contributed by atoms with Gasteiger partial charge in [-0.05, 0) is 43.0 Å². The van der Waals surface area contributed by atoms with Crippen molar-refractivity contribution in [3.63, 3.8) is 0 Å². The molecule has 0 saturated carbocycles. The number of hydrogen-bond donors (Lipinski definition) is 2. The number of aromatic amines is 1. The summed E-state index contributed by atoms with van der Waals surface area (Å²) >= 11 is 3.12. The molecule has 4 aromatic rings. The fraction of sp³-hybridized carbons (Fsp3) is 0.200. The molecule has 0 unspecified atom stereocenters. The number of methoxy groups -OCH3 is 1. The van der Waals surface area contributed by atoms with Gasteiger partial charge in [0.1, 0.15) is 16.4 Å². The third-order valence-corrected chi connectivity index (χ3v) is 6.16. The Kier molecular flexibility index (Phi) is 4.72. The number of aromatic nitrogens is 2. The standard InChI is InChI=1S/C20H19N3O2S2/c1-11-6-7-15(25-3)14(9-11)21-12(2)18-22-19(24)17-13(10-27-20(17)23-18)16-5-4-8-26-16/h4-10,12,21H,1-3H3,(H,22,23,24)/t12-/m1/s1. The van der Waals surface area contributed by atoms with Gasteiger partial charge in [0.05, 0.1) is 24.2 Å². The number of hydrogen-bond acceptors (Lipinski definition) is 6. The highest BCUT2D eigenvalue weighted by Crippen LogP contribution is 2.34. The van der Waals surface area contributed by atoms with Crippen LogP contribution in [0.2, 0.25) is 0 Å². The molecular weight excluding hydrogens is 378 g/mol. The van der Waals surface area contributed by atoms with Crippen LogP contribution < -0.4 is 15.6 Å². The van der Waals surface area contributed by atoms with Crippen LogP contribution in [0.25, 0.3) is 20.7 Å². The van der Waals surface area contributed by atoms with Gasteiger partial charge in [-0.2, -0.15) is 0 Å². The Balaban J connectivity index is 1.70. The molecule has 2 N–H and O–H groups in total. The summed E-state index contributed by atoms with van der Waals surface area (Å²) in [6.07, 6.45) is 0. The van der Waals surface area contributed by atoms with Gasteiger partial charge in [0.15, 0.2) is 0 Å². The molecule has 0 aliphatic rings. The lowest BCUT2D eigenvalue weighted by molar-refractivity contribution is 0.416. The maximum atomic E-state index is 12.8. The summed E-state index contributed by atoms with van der Waals surface area (Å²) in [5, 5.41) is 8.07. The zero-order valence-corrected chi connectivity index (χ0v) is 16.8. The number of ether oxygens (including phenoxy) is 1. The van der Waals surface area contributed by atoms with E-state index in [9.17, 15) is 4.79 Å². The molecule has 0 aliphatic carbocycles. The number of H-pyrrole nitrogens is 1. The van der Waals surface area contributed by atoms with Crippen molar-refractivity contribution in [3.05, 3.63) is 62.8 Å². The largest absolute Gasteiger partial charge is 0.495 e. The van der Waals surface area contributed by atoms with Gasteiger partial charge in [-0.15, -0.1) is 22.7 Å². The van der Waals surface area contributed by atoms with Crippen molar-refractivity contribution < 1.29 is 4.74 Å². The molecule has 27 heavy (non-hydrogen) atoms. The summed E-state index contributed by atoms with van der Waals surface area (Å²) in [5.41, 5.74) is 2.84. The molecule has 0 spiro atoms. The smallest absolute Gasteiger partial charge is 0.260 e. The quantitative estimate of drug-likeness (QED) is 0.485. The van der Waals surface area contributed by atoms with Gasteiger partial charge in [0.2, 0.25) is 0 Å². The first-order valence-corrected chi connectivity index (χ1v) is 10.3. The molecule has 4 rings (SSSR count). The molecule has 5 nitrogen and oxygen atoms in total. The van der Waals surface area contributed by atoms with Crippen LogP contribution in [-0.4, -0.2) is 17.1 Å². The minimum atomic E-state index is -0.176. The molecule has 0 bridgehead atoms. The monoisotopic (exact) mass is 397 g/mol. The summed E-state index contributed by atoms with van der Waals surface area (Å²) in [5.74, 6) is 1.36. The molecule has 0 aliphatic heterocycles. The Morgan fingerprint density at radius 1 is 1.26 bits per heavy atom. The van der Waals surface area contributed by atoms with E-state index >= 15 is 0 Å². The van der Waals surface area contributed by atoms with E-state index in [0.717, 1.165) is 32.3 Å². The third kappa shape index (κ3) is 3.36. The van der Waals surface area contributed by atoms with E-state index < -0.39 is 0 Å². The SMILES string of the molecule is COc1ccc(C)cc1N[C@H](C)c1nc2scc(-c3cccs3)c2c(=O)[nH]1. The summed E-state index contributed by atoms with van der Waals surface area (Å²) < 4.78 is 5.42. The van der Waals surface area contributed by atoms with E-state index in [0.29, 0.717) is 11.2 Å². The molecule has 1 aromatic carbocycles. The average Bonchev–Trinajstić information content (AvgIpc) is 3.31. The van der Waals surface area contributed by atoms with E-state index in [2.05, 4.69) is 10.3 Å². The number of aryl methyl sites for hydroxylation is 1. The molecule has 0 saturated heterocycles. The number of nitrogens with one attached hydrogen (secondary N) is 2. The lowest BCUT2D eigenvalue weighted by Crippen LogP contribution is -2.17. The fourth-order valence-electron chi connectivity index (χ4n) is 3.02. The molecule has 0 radical (unpaired) electrons. The minimum Gasteiger partial charge on any atom is -0.495 e. The molecule has 1 atom stereocenters. The minimum absolute atomic E-state index is 0.107. The number of nitrogens with zero attached hydrogens (tertiary/aromatic N) is 1. The van der Waals surface area contributed by atoms with Crippen molar-refractivity contribution in [1.82, 2.24) is 9.97 Å². The Morgan fingerprint density at radius 3 is 2.85 bits per heavy atom. The van der Waals surface area contributed by atoms with E-state index in [-0.39, 0.29) is 11.6 Å². The number of benzene rings is 1. The van der Waals surface area contributed by atoms with Crippen molar-refractivity contribution in [2.45, 2.75) is 19.9 Å². The van der Waals surface area contributed by atoms with Crippen LogP contribution in [-0.2, 0) is 0 Å². The topological polar surface area (TPSA) is 67.0 Å². The van der Waals surface area contributed by atoms with E-state index in [1.165, 1.54) is 11.3 Å². The maximum absolute atomic E-state index is 12.8. The normalized spacial score (nSPS) is 12.3. The van der Waals surface area contributed by atoms with Gasteiger partial charge in [-0.25, -0.2) is 4.98 Å². The van der Waals surface area contributed by atoms with Crippen LogP contribution >= 0.6 is 22.7 Å². The Hall–Kier alpha value is -2.64. The highest BCUT2D eigenvalue weighted by atomic mass is 32.1. The Bertz CT molecular complexity index is 1150. The van der Waals surface area contributed by atoms with Gasteiger partial charge >= 0.3 is 0 Å². The van der Waals surface area contributed by atoms with Crippen molar-refractivity contribution in [1.29, 1.82) is 0 Å². The van der Waals surface area contributed by atoms with Crippen LogP contribution in [0.4, 0.5) is 5.69 Å². The van der Waals surface area contributed by atoms with Crippen LogP contribution in [0.1, 0.15) is 24.4 Å². The van der Waals surface area contributed by atoms with Gasteiger partial charge < -0.3 is 15.0 Å². The van der Waals surface area contributed by atoms with Crippen LogP contribution in [0.15, 0.2) is 45.9 Å². The van der Waals surface area contributed by atoms with E-state index in [4.69, 9.17) is 9.72 Å². The molecule has 138 valence electrons. The summed E-state index contributed by atoms with van der Waals surface area (Å²) in [4.78, 5) is 22.3. The van der Waals surface area contributed by atoms with E-state index in [1.807, 2.05) is 54.9 Å². The number of thiophene rings is 2. The van der Waals surface area contributed by atoms with Crippen LogP contribution in [0, 0.1) is 6.92 Å². The Labute approximate surface area is 164 Å². The summed E-state index contributed by atoms with van der Waals surface area (Å²) in [6.45, 7) is 4.00. The summed E-state index contributed by atoms with van der Waals surface area (Å²) in [7, 11) is 1.64. The van der Waals surface area contributed by atoms with Crippen LogP contribution in [0.5, 0.6) is 5.75 Å². The summed E-state index contributed by atoms with van der Waals surface area (Å²) in [6, 6.07) is 9.78. The van der Waals surface area contributed by atoms with Crippen molar-refractivity contribution in [2.24, 2.45) is 0 Å². The van der Waals surface area contributed by atoms with Gasteiger partial charge in [0.25, 0.3) is 5.56 Å². The van der Waals surface area contributed by atoms with Crippen LogP contribution in [0.3, 0.4) is 0 Å². The lowest BCUT2D eigenvalue weighted by Gasteiger charge is -2.17. The van der Waals surface area contributed by atoms with Gasteiger partial charge in [-0.1, -0.05) is 12.1 Å². The zero-order chi connectivity index (χ0) is 19.0. The van der Waals surface area contributed by atoms with Crippen molar-refractivity contribution in [3.8, 4) is 16.2 Å². The number of anilines is 1. The maximum Gasteiger partial charge on any atom is 0.260 e. The van der Waals surface area contributed by atoms with Gasteiger partial charge in [-0.3, -0.25) is 4.79 Å². The lowest BCUT2D eigenvalue weighted by atomic mass is 10.2. The molecule has 0 fully saturated rings. The molecule has 3 heterocycles.